The summed E-state index contributed by atoms with van der Waals surface area (Å²) in [7, 11) is 0. The zero-order valence-corrected chi connectivity index (χ0v) is 18.6. The van der Waals surface area contributed by atoms with E-state index in [0.717, 1.165) is 31.9 Å². The van der Waals surface area contributed by atoms with Gasteiger partial charge in [-0.2, -0.15) is 8.75 Å². The highest BCUT2D eigenvalue weighted by atomic mass is 32.1. The van der Waals surface area contributed by atoms with Crippen LogP contribution in [0.4, 0.5) is 0 Å². The molecule has 0 radical (unpaired) electrons. The van der Waals surface area contributed by atoms with Crippen molar-refractivity contribution >= 4 is 86.9 Å². The summed E-state index contributed by atoms with van der Waals surface area (Å²) in [6.07, 6.45) is 11.1. The second kappa shape index (κ2) is 6.50. The van der Waals surface area contributed by atoms with Gasteiger partial charge in [0.05, 0.1) is 21.5 Å². The molecule has 0 fully saturated rings. The van der Waals surface area contributed by atoms with Gasteiger partial charge >= 0.3 is 0 Å². The Morgan fingerprint density at radius 2 is 1.07 bits per heavy atom. The number of thiophene rings is 4. The number of rotatable bonds is 2. The summed E-state index contributed by atoms with van der Waals surface area (Å²) in [5, 5.41) is 0. The van der Waals surface area contributed by atoms with Crippen molar-refractivity contribution in [1.29, 1.82) is 0 Å². The fourth-order valence-corrected chi connectivity index (χ4v) is 8.38. The van der Waals surface area contributed by atoms with Gasteiger partial charge in [-0.1, -0.05) is 24.0 Å². The summed E-state index contributed by atoms with van der Waals surface area (Å²) in [5.41, 5.74) is 4.17. The summed E-state index contributed by atoms with van der Waals surface area (Å²) < 4.78 is 14.1. The lowest BCUT2D eigenvalue weighted by molar-refractivity contribution is 1.64. The van der Waals surface area contributed by atoms with E-state index < -0.39 is 0 Å². The quantitative estimate of drug-likeness (QED) is 0.249. The lowest BCUT2D eigenvalue weighted by atomic mass is 10.1. The molecule has 1 aromatic carbocycles. The molecule has 0 N–H and O–H groups in total. The normalized spacial score (nSPS) is 11.4. The largest absolute Gasteiger partial charge is 0.172 e. The highest BCUT2D eigenvalue weighted by molar-refractivity contribution is 7.30. The Bertz CT molecular complexity index is 1450. The van der Waals surface area contributed by atoms with Crippen molar-refractivity contribution in [3.8, 4) is 45.6 Å². The Morgan fingerprint density at radius 3 is 1.48 bits per heavy atom. The molecule has 0 unspecified atom stereocenters. The van der Waals surface area contributed by atoms with E-state index in [1.807, 2.05) is 0 Å². The predicted molar refractivity (Wildman–Crippen MR) is 131 cm³/mol. The van der Waals surface area contributed by atoms with Gasteiger partial charge in [0.15, 0.2) is 0 Å². The predicted octanol–water partition coefficient (Wildman–Crippen LogP) is 7.54. The van der Waals surface area contributed by atoms with E-state index in [1.165, 1.54) is 40.3 Å². The third-order valence-corrected chi connectivity index (χ3v) is 9.69. The number of aromatic nitrogens is 2. The van der Waals surface area contributed by atoms with Crippen LogP contribution in [0.1, 0.15) is 9.75 Å². The summed E-state index contributed by atoms with van der Waals surface area (Å²) in [6.45, 7) is 0. The van der Waals surface area contributed by atoms with Crippen LogP contribution in [0.5, 0.6) is 0 Å². The minimum absolute atomic E-state index is 0.958. The molecule has 5 aromatic heterocycles. The fourth-order valence-electron chi connectivity index (χ4n) is 3.34. The maximum atomic E-state index is 5.53. The van der Waals surface area contributed by atoms with Gasteiger partial charge in [-0.25, -0.2) is 0 Å². The Labute approximate surface area is 186 Å². The van der Waals surface area contributed by atoms with E-state index in [4.69, 9.17) is 12.8 Å². The standard InChI is InChI=1S/C22H8N2S5/c1-3-11-7-17-19(25-11)9-15(27-17)13-5-6-14(22-21(13)23-29-24-22)16-10-20-18(28-16)8-12(4-2)26-20/h1-2,5-10H. The van der Waals surface area contributed by atoms with E-state index in [-0.39, 0.29) is 0 Å². The van der Waals surface area contributed by atoms with Crippen molar-refractivity contribution in [2.45, 2.75) is 0 Å². The first-order valence-electron chi connectivity index (χ1n) is 8.49. The second-order valence-electron chi connectivity index (χ2n) is 6.31. The highest BCUT2D eigenvalue weighted by Gasteiger charge is 2.17. The van der Waals surface area contributed by atoms with Crippen molar-refractivity contribution in [3.63, 3.8) is 0 Å². The number of benzene rings is 1. The van der Waals surface area contributed by atoms with Crippen LogP contribution in [-0.4, -0.2) is 8.75 Å². The third-order valence-electron chi connectivity index (χ3n) is 4.64. The molecule has 0 saturated heterocycles. The third kappa shape index (κ3) is 2.67. The SMILES string of the molecule is C#Cc1cc2sc(-c3ccc(-c4cc5sc(C#C)cc5s4)c4nsnc34)cc2s1. The summed E-state index contributed by atoms with van der Waals surface area (Å²) >= 11 is 8.08. The average Bonchev–Trinajstić information content (AvgIpc) is 3.50. The van der Waals surface area contributed by atoms with Gasteiger partial charge in [0.1, 0.15) is 11.0 Å². The first kappa shape index (κ1) is 17.3. The fraction of sp³-hybridized carbons (Fsp3) is 0. The molecule has 5 heterocycles. The molecule has 29 heavy (non-hydrogen) atoms. The van der Waals surface area contributed by atoms with Crippen LogP contribution in [0.3, 0.4) is 0 Å². The molecule has 0 saturated carbocycles. The van der Waals surface area contributed by atoms with Gasteiger partial charge in [0, 0.05) is 39.7 Å². The van der Waals surface area contributed by atoms with Crippen LogP contribution < -0.4 is 0 Å². The van der Waals surface area contributed by atoms with E-state index in [1.54, 1.807) is 45.3 Å². The van der Waals surface area contributed by atoms with Gasteiger partial charge in [-0.3, -0.25) is 0 Å². The number of terminal acetylenes is 2. The number of hydrogen-bond acceptors (Lipinski definition) is 7. The van der Waals surface area contributed by atoms with E-state index in [9.17, 15) is 0 Å². The van der Waals surface area contributed by atoms with Gasteiger partial charge in [0.25, 0.3) is 0 Å². The Kier molecular flexibility index (Phi) is 3.89. The van der Waals surface area contributed by atoms with E-state index >= 15 is 0 Å². The number of hydrogen-bond donors (Lipinski definition) is 0. The van der Waals surface area contributed by atoms with E-state index in [2.05, 4.69) is 57.0 Å². The van der Waals surface area contributed by atoms with Crippen LogP contribution in [0.15, 0.2) is 36.4 Å². The first-order valence-corrected chi connectivity index (χ1v) is 12.5. The molecular formula is C22H8N2S5. The molecule has 2 nitrogen and oxygen atoms in total. The van der Waals surface area contributed by atoms with Crippen molar-refractivity contribution in [2.24, 2.45) is 0 Å². The van der Waals surface area contributed by atoms with Gasteiger partial charge < -0.3 is 0 Å². The van der Waals surface area contributed by atoms with Crippen molar-refractivity contribution < 1.29 is 0 Å². The maximum absolute atomic E-state index is 5.53. The molecule has 0 atom stereocenters. The van der Waals surface area contributed by atoms with Crippen LogP contribution in [0.25, 0.3) is 50.7 Å². The molecule has 7 heteroatoms. The first-order chi connectivity index (χ1) is 14.2. The average molecular weight is 461 g/mol. The van der Waals surface area contributed by atoms with E-state index in [0.29, 0.717) is 0 Å². The minimum Gasteiger partial charge on any atom is -0.172 e. The molecule has 0 aliphatic carbocycles. The maximum Gasteiger partial charge on any atom is 0.114 e. The van der Waals surface area contributed by atoms with Crippen molar-refractivity contribution in [2.75, 3.05) is 0 Å². The summed E-state index contributed by atoms with van der Waals surface area (Å²) in [5.74, 6) is 5.45. The summed E-state index contributed by atoms with van der Waals surface area (Å²) in [4.78, 5) is 4.34. The van der Waals surface area contributed by atoms with Crippen molar-refractivity contribution in [3.05, 3.63) is 46.2 Å². The lowest BCUT2D eigenvalue weighted by Gasteiger charge is -2.03. The molecular weight excluding hydrogens is 453 g/mol. The van der Waals surface area contributed by atoms with Crippen molar-refractivity contribution in [1.82, 2.24) is 8.75 Å². The Morgan fingerprint density at radius 1 is 0.621 bits per heavy atom. The zero-order chi connectivity index (χ0) is 19.5. The summed E-state index contributed by atoms with van der Waals surface area (Å²) in [6, 6.07) is 12.9. The van der Waals surface area contributed by atoms with Crippen LogP contribution in [-0.2, 0) is 0 Å². The zero-order valence-electron chi connectivity index (χ0n) is 14.6. The second-order valence-corrected chi connectivity index (χ2v) is 11.2. The molecule has 6 rings (SSSR count). The molecule has 0 aliphatic heterocycles. The van der Waals surface area contributed by atoms with Crippen LogP contribution in [0, 0.1) is 24.7 Å². The molecule has 0 bridgehead atoms. The number of fused-ring (bicyclic) bond motifs is 3. The number of nitrogens with zero attached hydrogens (tertiary/aromatic N) is 2. The van der Waals surface area contributed by atoms with Gasteiger partial charge in [-0.15, -0.1) is 58.2 Å². The smallest absolute Gasteiger partial charge is 0.114 e. The van der Waals surface area contributed by atoms with Gasteiger partial charge in [-0.05, 0) is 24.3 Å². The van der Waals surface area contributed by atoms with Gasteiger partial charge in [0.2, 0.25) is 0 Å². The highest BCUT2D eigenvalue weighted by Crippen LogP contribution is 2.44. The lowest BCUT2D eigenvalue weighted by Crippen LogP contribution is -1.81. The Hall–Kier alpha value is -2.52. The molecule has 136 valence electrons. The minimum atomic E-state index is 0.958. The Balaban J connectivity index is 1.50. The molecule has 0 amide bonds. The monoisotopic (exact) mass is 460 g/mol. The topological polar surface area (TPSA) is 25.8 Å². The molecule has 0 aliphatic rings. The molecule has 6 aromatic rings. The van der Waals surface area contributed by atoms with Crippen LogP contribution in [0.2, 0.25) is 0 Å². The molecule has 0 spiro atoms. The van der Waals surface area contributed by atoms with Crippen LogP contribution >= 0.6 is 57.1 Å².